The third-order valence-electron chi connectivity index (χ3n) is 4.14. The van der Waals surface area contributed by atoms with Crippen LogP contribution in [0.1, 0.15) is 28.9 Å². The van der Waals surface area contributed by atoms with Gasteiger partial charge in [-0.15, -0.1) is 0 Å². The van der Waals surface area contributed by atoms with E-state index in [1.54, 1.807) is 37.3 Å². The summed E-state index contributed by atoms with van der Waals surface area (Å²) >= 11 is 0. The highest BCUT2D eigenvalue weighted by Gasteiger charge is 2.23. The molecular weight excluding hydrogens is 392 g/mol. The van der Waals surface area contributed by atoms with Crippen LogP contribution in [0, 0.1) is 0 Å². The minimum Gasteiger partial charge on any atom is -0.504 e. The molecular formula is C21H24N2O7. The zero-order valence-corrected chi connectivity index (χ0v) is 16.9. The van der Waals surface area contributed by atoms with E-state index < -0.39 is 23.9 Å². The molecule has 9 heteroatoms. The minimum atomic E-state index is -1.00. The lowest BCUT2D eigenvalue weighted by molar-refractivity contribution is -0.143. The third-order valence-corrected chi connectivity index (χ3v) is 4.14. The van der Waals surface area contributed by atoms with E-state index in [-0.39, 0.29) is 30.2 Å². The van der Waals surface area contributed by atoms with E-state index in [1.165, 1.54) is 26.4 Å². The molecule has 0 saturated carbocycles. The molecule has 0 heterocycles. The maximum atomic E-state index is 12.4. The van der Waals surface area contributed by atoms with Crippen LogP contribution in [0.5, 0.6) is 11.5 Å². The maximum absolute atomic E-state index is 12.4. The first-order valence-electron chi connectivity index (χ1n) is 9.15. The number of para-hydroxylation sites is 1. The molecule has 0 spiro atoms. The number of phenolic OH excluding ortho intramolecular Hbond substituents is 1. The highest BCUT2D eigenvalue weighted by molar-refractivity contribution is 6.01. The van der Waals surface area contributed by atoms with Crippen molar-refractivity contribution in [2.24, 2.45) is 0 Å². The van der Waals surface area contributed by atoms with Crippen molar-refractivity contribution in [2.75, 3.05) is 32.7 Å². The standard InChI is InChI=1S/C21H24N2O7/c1-4-30-20(26)14-7-5-6-8-15(14)23-18(25)12-22-19(21(27)29-3)13-9-10-17(28-2)16(24)11-13/h5-11,19,22,24H,4,12H2,1-3H3,(H,23,25)/t19-/m0/s1. The summed E-state index contributed by atoms with van der Waals surface area (Å²) in [6, 6.07) is 9.85. The van der Waals surface area contributed by atoms with Gasteiger partial charge in [0.1, 0.15) is 6.04 Å². The molecule has 0 aliphatic rings. The zero-order valence-electron chi connectivity index (χ0n) is 16.9. The van der Waals surface area contributed by atoms with Gasteiger partial charge in [-0.25, -0.2) is 9.59 Å². The van der Waals surface area contributed by atoms with Crippen molar-refractivity contribution in [3.63, 3.8) is 0 Å². The summed E-state index contributed by atoms with van der Waals surface area (Å²) in [4.78, 5) is 36.6. The van der Waals surface area contributed by atoms with Gasteiger partial charge in [-0.1, -0.05) is 18.2 Å². The Morgan fingerprint density at radius 2 is 1.83 bits per heavy atom. The van der Waals surface area contributed by atoms with Gasteiger partial charge in [-0.05, 0) is 36.8 Å². The van der Waals surface area contributed by atoms with Crippen LogP contribution in [0.2, 0.25) is 0 Å². The Morgan fingerprint density at radius 3 is 2.47 bits per heavy atom. The first-order valence-corrected chi connectivity index (χ1v) is 9.15. The summed E-state index contributed by atoms with van der Waals surface area (Å²) in [6.45, 7) is 1.63. The number of aromatic hydroxyl groups is 1. The molecule has 0 radical (unpaired) electrons. The average Bonchev–Trinajstić information content (AvgIpc) is 2.74. The highest BCUT2D eigenvalue weighted by atomic mass is 16.5. The third kappa shape index (κ3) is 5.71. The molecule has 160 valence electrons. The number of esters is 2. The van der Waals surface area contributed by atoms with Crippen LogP contribution in [0.4, 0.5) is 5.69 Å². The van der Waals surface area contributed by atoms with Gasteiger partial charge < -0.3 is 24.6 Å². The molecule has 2 aromatic carbocycles. The van der Waals surface area contributed by atoms with E-state index in [1.807, 2.05) is 0 Å². The Morgan fingerprint density at radius 1 is 1.10 bits per heavy atom. The second kappa shape index (κ2) is 10.8. The molecule has 0 saturated heterocycles. The zero-order chi connectivity index (χ0) is 22.1. The van der Waals surface area contributed by atoms with Gasteiger partial charge in [0.25, 0.3) is 0 Å². The van der Waals surface area contributed by atoms with Crippen LogP contribution < -0.4 is 15.4 Å². The molecule has 0 fully saturated rings. The maximum Gasteiger partial charge on any atom is 0.340 e. The Labute approximate surface area is 173 Å². The number of nitrogens with one attached hydrogen (secondary N) is 2. The number of rotatable bonds is 9. The van der Waals surface area contributed by atoms with Gasteiger partial charge in [0.15, 0.2) is 11.5 Å². The number of anilines is 1. The SMILES string of the molecule is CCOC(=O)c1ccccc1NC(=O)CN[C@H](C(=O)OC)c1ccc(OC)c(O)c1. The second-order valence-electron chi connectivity index (χ2n) is 6.08. The van der Waals surface area contributed by atoms with Gasteiger partial charge in [0, 0.05) is 0 Å². The van der Waals surface area contributed by atoms with Crippen LogP contribution in [-0.4, -0.2) is 50.3 Å². The van der Waals surface area contributed by atoms with Crippen molar-refractivity contribution < 1.29 is 33.7 Å². The minimum absolute atomic E-state index is 0.154. The van der Waals surface area contributed by atoms with Crippen LogP contribution >= 0.6 is 0 Å². The average molecular weight is 416 g/mol. The summed E-state index contributed by atoms with van der Waals surface area (Å²) in [7, 11) is 2.62. The molecule has 0 aliphatic heterocycles. The van der Waals surface area contributed by atoms with Crippen molar-refractivity contribution in [1.29, 1.82) is 0 Å². The molecule has 0 unspecified atom stereocenters. The van der Waals surface area contributed by atoms with E-state index in [4.69, 9.17) is 14.2 Å². The number of amides is 1. The number of carbonyl (C=O) groups is 3. The fourth-order valence-corrected chi connectivity index (χ4v) is 2.71. The van der Waals surface area contributed by atoms with Gasteiger partial charge in [-0.3, -0.25) is 10.1 Å². The predicted molar refractivity (Wildman–Crippen MR) is 108 cm³/mol. The fourth-order valence-electron chi connectivity index (χ4n) is 2.71. The smallest absolute Gasteiger partial charge is 0.340 e. The topological polar surface area (TPSA) is 123 Å². The van der Waals surface area contributed by atoms with E-state index in [2.05, 4.69) is 10.6 Å². The van der Waals surface area contributed by atoms with Crippen molar-refractivity contribution >= 4 is 23.5 Å². The Bertz CT molecular complexity index is 914. The second-order valence-corrected chi connectivity index (χ2v) is 6.08. The van der Waals surface area contributed by atoms with E-state index in [9.17, 15) is 19.5 Å². The fraction of sp³-hybridized carbons (Fsp3) is 0.286. The Hall–Kier alpha value is -3.59. The van der Waals surface area contributed by atoms with Crippen LogP contribution in [0.3, 0.4) is 0 Å². The molecule has 0 bridgehead atoms. The summed E-state index contributed by atoms with van der Waals surface area (Å²) in [5, 5.41) is 15.4. The van der Waals surface area contributed by atoms with Gasteiger partial charge in [0.05, 0.1) is 38.6 Å². The molecule has 2 rings (SSSR count). The summed E-state index contributed by atoms with van der Waals surface area (Å²) in [5.41, 5.74) is 0.900. The normalized spacial score (nSPS) is 11.3. The number of carbonyl (C=O) groups excluding carboxylic acids is 3. The van der Waals surface area contributed by atoms with Crippen molar-refractivity contribution in [2.45, 2.75) is 13.0 Å². The van der Waals surface area contributed by atoms with E-state index in [0.717, 1.165) is 0 Å². The first kappa shape index (κ1) is 22.7. The summed E-state index contributed by atoms with van der Waals surface area (Å²) in [5.74, 6) is -1.59. The molecule has 1 amide bonds. The number of hydrogen-bond donors (Lipinski definition) is 3. The Balaban J connectivity index is 2.11. The number of phenols is 1. The lowest BCUT2D eigenvalue weighted by atomic mass is 10.1. The van der Waals surface area contributed by atoms with Gasteiger partial charge in [-0.2, -0.15) is 0 Å². The number of methoxy groups -OCH3 is 2. The quantitative estimate of drug-likeness (QED) is 0.531. The number of ether oxygens (including phenoxy) is 3. The Kier molecular flexibility index (Phi) is 8.18. The van der Waals surface area contributed by atoms with Gasteiger partial charge >= 0.3 is 11.9 Å². The largest absolute Gasteiger partial charge is 0.504 e. The number of hydrogen-bond acceptors (Lipinski definition) is 8. The van der Waals surface area contributed by atoms with E-state index in [0.29, 0.717) is 11.3 Å². The summed E-state index contributed by atoms with van der Waals surface area (Å²) in [6.07, 6.45) is 0. The van der Waals surface area contributed by atoms with Crippen LogP contribution in [-0.2, 0) is 19.1 Å². The summed E-state index contributed by atoms with van der Waals surface area (Å²) < 4.78 is 14.8. The molecule has 30 heavy (non-hydrogen) atoms. The van der Waals surface area contributed by atoms with Crippen molar-refractivity contribution in [3.05, 3.63) is 53.6 Å². The van der Waals surface area contributed by atoms with E-state index >= 15 is 0 Å². The van der Waals surface area contributed by atoms with Gasteiger partial charge in [0.2, 0.25) is 5.91 Å². The molecule has 0 aromatic heterocycles. The first-order chi connectivity index (χ1) is 14.4. The number of benzene rings is 2. The van der Waals surface area contributed by atoms with Crippen molar-refractivity contribution in [3.8, 4) is 11.5 Å². The van der Waals surface area contributed by atoms with Crippen molar-refractivity contribution in [1.82, 2.24) is 5.32 Å². The lowest BCUT2D eigenvalue weighted by Crippen LogP contribution is -2.36. The molecule has 0 aliphatic carbocycles. The molecule has 2 aromatic rings. The highest BCUT2D eigenvalue weighted by Crippen LogP contribution is 2.29. The van der Waals surface area contributed by atoms with Crippen LogP contribution in [0.25, 0.3) is 0 Å². The lowest BCUT2D eigenvalue weighted by Gasteiger charge is -2.18. The molecule has 9 nitrogen and oxygen atoms in total. The monoisotopic (exact) mass is 416 g/mol. The predicted octanol–water partition coefficient (Wildman–Crippen LogP) is 2.02. The van der Waals surface area contributed by atoms with Crippen LogP contribution in [0.15, 0.2) is 42.5 Å². The molecule has 3 N–H and O–H groups in total. The molecule has 1 atom stereocenters.